The molecule has 2 rings (SSSR count). The smallest absolute Gasteiger partial charge is 0.351 e. The number of oxime groups is 1. The van der Waals surface area contributed by atoms with Crippen molar-refractivity contribution in [2.24, 2.45) is 11.1 Å². The average molecular weight is 281 g/mol. The second-order valence-corrected chi connectivity index (χ2v) is 4.25. The highest BCUT2D eigenvalue weighted by atomic mass is 127. The van der Waals surface area contributed by atoms with Crippen LogP contribution >= 0.6 is 22.6 Å². The van der Waals surface area contributed by atoms with E-state index in [9.17, 15) is 4.79 Å². The van der Waals surface area contributed by atoms with Crippen LogP contribution in [0.5, 0.6) is 0 Å². The fraction of sp³-hybridized carbons (Fsp3) is 0.714. The van der Waals surface area contributed by atoms with Gasteiger partial charge in [-0.15, -0.1) is 0 Å². The summed E-state index contributed by atoms with van der Waals surface area (Å²) < 4.78 is 0.799. The lowest BCUT2D eigenvalue weighted by molar-refractivity contribution is -0.164. The summed E-state index contributed by atoms with van der Waals surface area (Å²) in [5.74, 6) is -0.879. The lowest BCUT2D eigenvalue weighted by Crippen LogP contribution is -2.41. The summed E-state index contributed by atoms with van der Waals surface area (Å²) in [6.45, 7) is 0. The Balaban J connectivity index is 2.33. The van der Waals surface area contributed by atoms with Gasteiger partial charge in [0.2, 0.25) is 5.60 Å². The minimum absolute atomic E-state index is 0.00407. The SMILES string of the molecule is O=C(O)C12CCCC1C(I)=NO2. The Kier molecular flexibility index (Phi) is 1.78. The molecule has 0 saturated heterocycles. The number of fused-ring (bicyclic) bond motifs is 1. The summed E-state index contributed by atoms with van der Waals surface area (Å²) in [5.41, 5.74) is -1.02. The molecular weight excluding hydrogens is 273 g/mol. The number of nitrogens with zero attached hydrogens (tertiary/aromatic N) is 1. The lowest BCUT2D eigenvalue weighted by Gasteiger charge is -2.20. The highest BCUT2D eigenvalue weighted by Crippen LogP contribution is 2.45. The molecule has 4 nitrogen and oxygen atoms in total. The fourth-order valence-electron chi connectivity index (χ4n) is 1.88. The Hall–Kier alpha value is -0.330. The summed E-state index contributed by atoms with van der Waals surface area (Å²) in [4.78, 5) is 16.0. The maximum absolute atomic E-state index is 10.9. The first-order chi connectivity index (χ1) is 5.67. The third-order valence-electron chi connectivity index (χ3n) is 2.55. The van der Waals surface area contributed by atoms with Crippen LogP contribution in [-0.2, 0) is 9.63 Å². The molecular formula is C7H8INO3. The van der Waals surface area contributed by atoms with E-state index in [1.165, 1.54) is 0 Å². The third-order valence-corrected chi connectivity index (χ3v) is 3.50. The van der Waals surface area contributed by atoms with Crippen LogP contribution in [0.2, 0.25) is 0 Å². The standard InChI is InChI=1S/C7H8INO3/c8-5-4-2-1-3-7(4,6(10)11)12-9-5/h4H,1-3H2,(H,10,11). The Morgan fingerprint density at radius 1 is 1.83 bits per heavy atom. The summed E-state index contributed by atoms with van der Waals surface area (Å²) in [7, 11) is 0. The van der Waals surface area contributed by atoms with E-state index in [4.69, 9.17) is 9.94 Å². The number of hydrogen-bond donors (Lipinski definition) is 1. The van der Waals surface area contributed by atoms with Crippen molar-refractivity contribution >= 4 is 32.3 Å². The molecule has 1 saturated carbocycles. The second-order valence-electron chi connectivity index (χ2n) is 3.14. The summed E-state index contributed by atoms with van der Waals surface area (Å²) >= 11 is 2.05. The van der Waals surface area contributed by atoms with E-state index in [1.807, 2.05) is 0 Å². The number of rotatable bonds is 1. The summed E-state index contributed by atoms with van der Waals surface area (Å²) in [5, 5.41) is 12.7. The van der Waals surface area contributed by atoms with Crippen molar-refractivity contribution < 1.29 is 14.7 Å². The number of carboxylic acids is 1. The van der Waals surface area contributed by atoms with Gasteiger partial charge >= 0.3 is 5.97 Å². The summed E-state index contributed by atoms with van der Waals surface area (Å²) in [6.07, 6.45) is 2.38. The first-order valence-electron chi connectivity index (χ1n) is 3.82. The van der Waals surface area contributed by atoms with Crippen LogP contribution in [0.3, 0.4) is 0 Å². The molecule has 0 spiro atoms. The Morgan fingerprint density at radius 2 is 2.58 bits per heavy atom. The van der Waals surface area contributed by atoms with Crippen molar-refractivity contribution in [1.29, 1.82) is 0 Å². The summed E-state index contributed by atoms with van der Waals surface area (Å²) in [6, 6.07) is 0. The van der Waals surface area contributed by atoms with Gasteiger partial charge in [0.15, 0.2) is 0 Å². The van der Waals surface area contributed by atoms with Crippen molar-refractivity contribution in [2.45, 2.75) is 24.9 Å². The Labute approximate surface area is 83.1 Å². The van der Waals surface area contributed by atoms with Crippen molar-refractivity contribution in [3.05, 3.63) is 0 Å². The number of halogens is 1. The molecule has 12 heavy (non-hydrogen) atoms. The molecule has 0 radical (unpaired) electrons. The molecule has 2 aliphatic rings. The fourth-order valence-corrected chi connectivity index (χ4v) is 2.79. The Morgan fingerprint density at radius 3 is 3.17 bits per heavy atom. The van der Waals surface area contributed by atoms with Gasteiger partial charge in [-0.3, -0.25) is 0 Å². The van der Waals surface area contributed by atoms with Crippen LogP contribution in [0, 0.1) is 5.92 Å². The molecule has 2 unspecified atom stereocenters. The molecule has 66 valence electrons. The molecule has 0 aromatic carbocycles. The van der Waals surface area contributed by atoms with Crippen LogP contribution in [0.15, 0.2) is 5.16 Å². The minimum Gasteiger partial charge on any atom is -0.478 e. The zero-order valence-electron chi connectivity index (χ0n) is 6.29. The molecule has 0 amide bonds. The van der Waals surface area contributed by atoms with Gasteiger partial charge in [-0.25, -0.2) is 4.79 Å². The van der Waals surface area contributed by atoms with Gasteiger partial charge in [0.25, 0.3) is 0 Å². The van der Waals surface area contributed by atoms with E-state index >= 15 is 0 Å². The van der Waals surface area contributed by atoms with E-state index in [1.54, 1.807) is 0 Å². The maximum atomic E-state index is 10.9. The van der Waals surface area contributed by atoms with Gasteiger partial charge in [-0.1, -0.05) is 5.16 Å². The average Bonchev–Trinajstić information content (AvgIpc) is 2.53. The van der Waals surface area contributed by atoms with Gasteiger partial charge in [0, 0.05) is 6.42 Å². The van der Waals surface area contributed by atoms with Gasteiger partial charge in [0.05, 0.1) is 5.92 Å². The van der Waals surface area contributed by atoms with Crippen LogP contribution in [-0.4, -0.2) is 20.4 Å². The van der Waals surface area contributed by atoms with Gasteiger partial charge < -0.3 is 9.94 Å². The van der Waals surface area contributed by atoms with Gasteiger partial charge in [0.1, 0.15) is 3.72 Å². The molecule has 1 fully saturated rings. The highest BCUT2D eigenvalue weighted by molar-refractivity contribution is 14.1. The number of aliphatic carboxylic acids is 1. The predicted molar refractivity (Wildman–Crippen MR) is 50.2 cm³/mol. The zero-order valence-corrected chi connectivity index (χ0v) is 8.45. The Bertz CT molecular complexity index is 265. The van der Waals surface area contributed by atoms with Gasteiger partial charge in [-0.05, 0) is 35.4 Å². The monoisotopic (exact) mass is 281 g/mol. The first-order valence-corrected chi connectivity index (χ1v) is 4.89. The molecule has 0 aromatic heterocycles. The van der Waals surface area contributed by atoms with E-state index in [0.29, 0.717) is 6.42 Å². The lowest BCUT2D eigenvalue weighted by atomic mass is 9.93. The van der Waals surface area contributed by atoms with Crippen molar-refractivity contribution in [3.63, 3.8) is 0 Å². The van der Waals surface area contributed by atoms with E-state index in [-0.39, 0.29) is 5.92 Å². The van der Waals surface area contributed by atoms with E-state index in [2.05, 4.69) is 27.7 Å². The minimum atomic E-state index is -1.02. The largest absolute Gasteiger partial charge is 0.478 e. The molecule has 0 bridgehead atoms. The van der Waals surface area contributed by atoms with Crippen LogP contribution < -0.4 is 0 Å². The van der Waals surface area contributed by atoms with E-state index in [0.717, 1.165) is 16.6 Å². The first kappa shape index (κ1) is 8.28. The number of carbonyl (C=O) groups is 1. The molecule has 1 aliphatic carbocycles. The topological polar surface area (TPSA) is 58.9 Å². The molecule has 1 heterocycles. The maximum Gasteiger partial charge on any atom is 0.351 e. The van der Waals surface area contributed by atoms with Crippen molar-refractivity contribution in [1.82, 2.24) is 0 Å². The number of carboxylic acid groups (broad SMARTS) is 1. The second kappa shape index (κ2) is 2.58. The van der Waals surface area contributed by atoms with Gasteiger partial charge in [-0.2, -0.15) is 0 Å². The highest BCUT2D eigenvalue weighted by Gasteiger charge is 2.57. The third kappa shape index (κ3) is 0.884. The van der Waals surface area contributed by atoms with Crippen molar-refractivity contribution in [2.75, 3.05) is 0 Å². The van der Waals surface area contributed by atoms with Crippen LogP contribution in [0.4, 0.5) is 0 Å². The normalized spacial score (nSPS) is 38.8. The van der Waals surface area contributed by atoms with E-state index < -0.39 is 11.6 Å². The molecule has 1 N–H and O–H groups in total. The molecule has 5 heteroatoms. The molecule has 2 atom stereocenters. The van der Waals surface area contributed by atoms with Crippen LogP contribution in [0.1, 0.15) is 19.3 Å². The predicted octanol–water partition coefficient (Wildman–Crippen LogP) is 1.39. The molecule has 0 aromatic rings. The van der Waals surface area contributed by atoms with Crippen molar-refractivity contribution in [3.8, 4) is 0 Å². The molecule has 1 aliphatic heterocycles. The quantitative estimate of drug-likeness (QED) is 0.739. The number of hydrogen-bond acceptors (Lipinski definition) is 3. The zero-order chi connectivity index (χ0) is 8.77. The van der Waals surface area contributed by atoms with Crippen LogP contribution in [0.25, 0.3) is 0 Å².